The van der Waals surface area contributed by atoms with Crippen LogP contribution in [0.5, 0.6) is 0 Å². The van der Waals surface area contributed by atoms with Crippen LogP contribution in [0.1, 0.15) is 25.7 Å². The van der Waals surface area contributed by atoms with Gasteiger partial charge < -0.3 is 11.1 Å². The summed E-state index contributed by atoms with van der Waals surface area (Å²) in [5.41, 5.74) is 5.36. The molecule has 104 valence electrons. The van der Waals surface area contributed by atoms with Gasteiger partial charge in [0.15, 0.2) is 0 Å². The average molecular weight is 254 g/mol. The number of carbonyl (C=O) groups excluding carboxylic acids is 1. The second kappa shape index (κ2) is 7.07. The Labute approximate surface area is 110 Å². The largest absolute Gasteiger partial charge is 0.354 e. The number of amides is 1. The van der Waals surface area contributed by atoms with Crippen molar-refractivity contribution in [1.82, 2.24) is 15.1 Å². The maximum absolute atomic E-state index is 11.6. The highest BCUT2D eigenvalue weighted by Gasteiger charge is 2.26. The molecule has 1 aliphatic heterocycles. The molecule has 0 aromatic carbocycles. The molecule has 3 N–H and O–H groups in total. The minimum Gasteiger partial charge on any atom is -0.354 e. The number of rotatable bonds is 5. The fraction of sp³-hybridized carbons (Fsp3) is 0.923. The second-order valence-electron chi connectivity index (χ2n) is 5.39. The van der Waals surface area contributed by atoms with Gasteiger partial charge in [0, 0.05) is 45.3 Å². The monoisotopic (exact) mass is 254 g/mol. The van der Waals surface area contributed by atoms with E-state index in [1.54, 1.807) is 0 Å². The topological polar surface area (TPSA) is 61.6 Å². The summed E-state index contributed by atoms with van der Waals surface area (Å²) in [6.45, 7) is 5.91. The van der Waals surface area contributed by atoms with E-state index in [2.05, 4.69) is 15.1 Å². The van der Waals surface area contributed by atoms with E-state index in [4.69, 9.17) is 5.73 Å². The molecule has 0 atom stereocenters. The van der Waals surface area contributed by atoms with Gasteiger partial charge in [-0.1, -0.05) is 12.8 Å². The molecule has 0 bridgehead atoms. The van der Waals surface area contributed by atoms with Crippen LogP contribution >= 0.6 is 0 Å². The van der Waals surface area contributed by atoms with Crippen LogP contribution in [-0.4, -0.2) is 67.6 Å². The third kappa shape index (κ3) is 3.93. The predicted octanol–water partition coefficient (Wildman–Crippen LogP) is -0.378. The van der Waals surface area contributed by atoms with Gasteiger partial charge in [-0.15, -0.1) is 0 Å². The molecule has 18 heavy (non-hydrogen) atoms. The Morgan fingerprint density at radius 2 is 1.83 bits per heavy atom. The van der Waals surface area contributed by atoms with E-state index < -0.39 is 0 Å². The fourth-order valence-electron chi connectivity index (χ4n) is 3.03. The van der Waals surface area contributed by atoms with Crippen molar-refractivity contribution in [2.75, 3.05) is 45.8 Å². The van der Waals surface area contributed by atoms with Gasteiger partial charge in [-0.2, -0.15) is 0 Å². The van der Waals surface area contributed by atoms with Gasteiger partial charge in [0.05, 0.1) is 6.54 Å². The lowest BCUT2D eigenvalue weighted by Crippen LogP contribution is -2.52. The van der Waals surface area contributed by atoms with Crippen LogP contribution in [0, 0.1) is 0 Å². The van der Waals surface area contributed by atoms with Gasteiger partial charge >= 0.3 is 0 Å². The second-order valence-corrected chi connectivity index (χ2v) is 5.39. The maximum atomic E-state index is 11.6. The van der Waals surface area contributed by atoms with E-state index in [0.29, 0.717) is 19.6 Å². The Bertz CT molecular complexity index is 258. The zero-order chi connectivity index (χ0) is 12.8. The first kappa shape index (κ1) is 13.8. The van der Waals surface area contributed by atoms with Crippen LogP contribution in [0.3, 0.4) is 0 Å². The standard InChI is InChI=1S/C13H26N4O/c14-5-6-15-13(18)11-16-7-9-17(10-8-16)12-3-1-2-4-12/h12H,1-11,14H2,(H,15,18). The normalized spacial score (nSPS) is 23.4. The van der Waals surface area contributed by atoms with E-state index in [1.165, 1.54) is 25.7 Å². The van der Waals surface area contributed by atoms with Gasteiger partial charge in [0.1, 0.15) is 0 Å². The molecule has 0 unspecified atom stereocenters. The molecule has 1 saturated heterocycles. The Kier molecular flexibility index (Phi) is 5.41. The van der Waals surface area contributed by atoms with E-state index in [-0.39, 0.29) is 5.91 Å². The van der Waals surface area contributed by atoms with Crippen LogP contribution in [0.2, 0.25) is 0 Å². The first-order valence-corrected chi connectivity index (χ1v) is 7.23. The summed E-state index contributed by atoms with van der Waals surface area (Å²) >= 11 is 0. The Hall–Kier alpha value is -0.650. The molecule has 2 rings (SSSR count). The van der Waals surface area contributed by atoms with Crippen molar-refractivity contribution in [3.63, 3.8) is 0 Å². The number of carbonyl (C=O) groups is 1. The number of nitrogens with one attached hydrogen (secondary N) is 1. The highest BCUT2D eigenvalue weighted by atomic mass is 16.2. The van der Waals surface area contributed by atoms with Crippen LogP contribution in [-0.2, 0) is 4.79 Å². The number of hydrogen-bond donors (Lipinski definition) is 2. The Morgan fingerprint density at radius 1 is 1.17 bits per heavy atom. The zero-order valence-electron chi connectivity index (χ0n) is 11.2. The summed E-state index contributed by atoms with van der Waals surface area (Å²) in [6, 6.07) is 0.818. The highest BCUT2D eigenvalue weighted by molar-refractivity contribution is 5.78. The zero-order valence-corrected chi connectivity index (χ0v) is 11.2. The molecule has 2 aliphatic rings. The van der Waals surface area contributed by atoms with Gasteiger partial charge in [0.25, 0.3) is 0 Å². The molecule has 5 nitrogen and oxygen atoms in total. The fourth-order valence-corrected chi connectivity index (χ4v) is 3.03. The van der Waals surface area contributed by atoms with Crippen molar-refractivity contribution in [3.8, 4) is 0 Å². The van der Waals surface area contributed by atoms with Crippen molar-refractivity contribution >= 4 is 5.91 Å². The molecule has 1 amide bonds. The van der Waals surface area contributed by atoms with E-state index in [9.17, 15) is 4.79 Å². The van der Waals surface area contributed by atoms with E-state index >= 15 is 0 Å². The SMILES string of the molecule is NCCNC(=O)CN1CCN(C2CCCC2)CC1. The number of nitrogens with zero attached hydrogens (tertiary/aromatic N) is 2. The van der Waals surface area contributed by atoms with E-state index in [0.717, 1.165) is 32.2 Å². The molecular formula is C13H26N4O. The summed E-state index contributed by atoms with van der Waals surface area (Å²) < 4.78 is 0. The third-order valence-electron chi connectivity index (χ3n) is 4.08. The molecule has 5 heteroatoms. The predicted molar refractivity (Wildman–Crippen MR) is 72.3 cm³/mol. The van der Waals surface area contributed by atoms with Gasteiger partial charge in [-0.05, 0) is 12.8 Å². The van der Waals surface area contributed by atoms with Crippen molar-refractivity contribution in [2.45, 2.75) is 31.7 Å². The Balaban J connectivity index is 1.65. The number of nitrogens with two attached hydrogens (primary N) is 1. The lowest BCUT2D eigenvalue weighted by molar-refractivity contribution is -0.122. The molecule has 0 aromatic rings. The van der Waals surface area contributed by atoms with Crippen molar-refractivity contribution < 1.29 is 4.79 Å². The molecule has 1 saturated carbocycles. The first-order chi connectivity index (χ1) is 8.79. The van der Waals surface area contributed by atoms with Gasteiger partial charge in [-0.25, -0.2) is 0 Å². The van der Waals surface area contributed by atoms with Crippen LogP contribution in [0.25, 0.3) is 0 Å². The molecule has 1 aliphatic carbocycles. The summed E-state index contributed by atoms with van der Waals surface area (Å²) in [6.07, 6.45) is 5.53. The molecular weight excluding hydrogens is 228 g/mol. The Morgan fingerprint density at radius 3 is 2.44 bits per heavy atom. The van der Waals surface area contributed by atoms with Crippen molar-refractivity contribution in [2.24, 2.45) is 5.73 Å². The minimum absolute atomic E-state index is 0.106. The first-order valence-electron chi connectivity index (χ1n) is 7.23. The molecule has 0 radical (unpaired) electrons. The lowest BCUT2D eigenvalue weighted by atomic mass is 10.2. The third-order valence-corrected chi connectivity index (χ3v) is 4.08. The van der Waals surface area contributed by atoms with Crippen LogP contribution in [0.15, 0.2) is 0 Å². The smallest absolute Gasteiger partial charge is 0.234 e. The molecule has 2 fully saturated rings. The average Bonchev–Trinajstić information content (AvgIpc) is 2.91. The minimum atomic E-state index is 0.106. The van der Waals surface area contributed by atoms with E-state index in [1.807, 2.05) is 0 Å². The molecule has 0 spiro atoms. The number of piperazine rings is 1. The van der Waals surface area contributed by atoms with Gasteiger partial charge in [-0.3, -0.25) is 14.6 Å². The summed E-state index contributed by atoms with van der Waals surface area (Å²) in [5, 5.41) is 2.83. The van der Waals surface area contributed by atoms with Crippen molar-refractivity contribution in [3.05, 3.63) is 0 Å². The quantitative estimate of drug-likeness (QED) is 0.702. The maximum Gasteiger partial charge on any atom is 0.234 e. The van der Waals surface area contributed by atoms with Crippen LogP contribution in [0.4, 0.5) is 0 Å². The molecule has 0 aromatic heterocycles. The summed E-state index contributed by atoms with van der Waals surface area (Å²) in [5.74, 6) is 0.106. The van der Waals surface area contributed by atoms with Crippen molar-refractivity contribution in [1.29, 1.82) is 0 Å². The number of hydrogen-bond acceptors (Lipinski definition) is 4. The molecule has 1 heterocycles. The highest BCUT2D eigenvalue weighted by Crippen LogP contribution is 2.24. The summed E-state index contributed by atoms with van der Waals surface area (Å²) in [4.78, 5) is 16.4. The lowest BCUT2D eigenvalue weighted by Gasteiger charge is -2.37. The van der Waals surface area contributed by atoms with Crippen LogP contribution < -0.4 is 11.1 Å². The van der Waals surface area contributed by atoms with Gasteiger partial charge in [0.2, 0.25) is 5.91 Å². The summed E-state index contributed by atoms with van der Waals surface area (Å²) in [7, 11) is 0.